The molecule has 0 radical (unpaired) electrons. The molecule has 0 saturated carbocycles. The van der Waals surface area contributed by atoms with Gasteiger partial charge in [0.25, 0.3) is 0 Å². The van der Waals surface area contributed by atoms with Gasteiger partial charge >= 0.3 is 6.01 Å². The molecular formula is C6H9N3OS. The number of thiocarbonyl (C=S) groups is 1. The molecule has 0 aromatic carbocycles. The molecule has 1 aromatic rings. The average molecular weight is 171 g/mol. The van der Waals surface area contributed by atoms with Gasteiger partial charge in [0.1, 0.15) is 6.26 Å². The molecule has 0 amide bonds. The fourth-order valence-corrected chi connectivity index (χ4v) is 0.819. The lowest BCUT2D eigenvalue weighted by molar-refractivity contribution is 0.578. The highest BCUT2D eigenvalue weighted by Gasteiger charge is 1.97. The molecular weight excluding hydrogens is 162 g/mol. The second-order valence-corrected chi connectivity index (χ2v) is 2.23. The number of nitrogens with zero attached hydrogens (tertiary/aromatic N) is 1. The molecule has 0 atom stereocenters. The van der Waals surface area contributed by atoms with Crippen LogP contribution in [0.25, 0.3) is 0 Å². The van der Waals surface area contributed by atoms with E-state index in [0.29, 0.717) is 11.1 Å². The zero-order chi connectivity index (χ0) is 8.10. The van der Waals surface area contributed by atoms with Gasteiger partial charge in [-0.05, 0) is 19.1 Å². The van der Waals surface area contributed by atoms with Gasteiger partial charge in [-0.2, -0.15) is 0 Å². The molecule has 0 fully saturated rings. The maximum atomic E-state index is 4.90. The van der Waals surface area contributed by atoms with E-state index in [0.717, 1.165) is 6.54 Å². The van der Waals surface area contributed by atoms with Gasteiger partial charge in [-0.25, -0.2) is 4.98 Å². The van der Waals surface area contributed by atoms with Crippen LogP contribution in [0, 0.1) is 0 Å². The zero-order valence-corrected chi connectivity index (χ0v) is 6.94. The predicted molar refractivity (Wildman–Crippen MR) is 46.4 cm³/mol. The predicted octanol–water partition coefficient (Wildman–Crippen LogP) is 0.981. The lowest BCUT2D eigenvalue weighted by Crippen LogP contribution is -2.27. The first-order valence-corrected chi connectivity index (χ1v) is 3.68. The van der Waals surface area contributed by atoms with Crippen molar-refractivity contribution in [1.29, 1.82) is 0 Å². The van der Waals surface area contributed by atoms with E-state index in [4.69, 9.17) is 16.6 Å². The minimum Gasteiger partial charge on any atom is -0.432 e. The first kappa shape index (κ1) is 8.00. The van der Waals surface area contributed by atoms with Gasteiger partial charge in [0, 0.05) is 6.54 Å². The third-order valence-corrected chi connectivity index (χ3v) is 1.24. The molecule has 0 aliphatic rings. The van der Waals surface area contributed by atoms with Gasteiger partial charge < -0.3 is 9.73 Å². The van der Waals surface area contributed by atoms with Crippen molar-refractivity contribution in [2.24, 2.45) is 0 Å². The van der Waals surface area contributed by atoms with Crippen molar-refractivity contribution in [2.45, 2.75) is 6.92 Å². The van der Waals surface area contributed by atoms with Crippen molar-refractivity contribution in [3.63, 3.8) is 0 Å². The number of aromatic nitrogens is 1. The van der Waals surface area contributed by atoms with Gasteiger partial charge in [-0.15, -0.1) is 0 Å². The van der Waals surface area contributed by atoms with Gasteiger partial charge in [-0.1, -0.05) is 0 Å². The summed E-state index contributed by atoms with van der Waals surface area (Å²) in [7, 11) is 0. The second kappa shape index (κ2) is 3.92. The minimum atomic E-state index is 0.413. The van der Waals surface area contributed by atoms with Crippen LogP contribution in [-0.4, -0.2) is 16.6 Å². The Kier molecular flexibility index (Phi) is 2.85. The maximum Gasteiger partial charge on any atom is 0.300 e. The molecule has 60 valence electrons. The summed E-state index contributed by atoms with van der Waals surface area (Å²) < 4.78 is 4.90. The molecule has 0 aliphatic carbocycles. The molecule has 0 bridgehead atoms. The molecule has 11 heavy (non-hydrogen) atoms. The fourth-order valence-electron chi connectivity index (χ4n) is 0.587. The molecule has 1 heterocycles. The molecule has 0 spiro atoms. The van der Waals surface area contributed by atoms with E-state index in [1.807, 2.05) is 6.92 Å². The van der Waals surface area contributed by atoms with Crippen LogP contribution in [0.3, 0.4) is 0 Å². The topological polar surface area (TPSA) is 50.1 Å². The SMILES string of the molecule is CCNC(=S)Nc1ncco1. The zero-order valence-electron chi connectivity index (χ0n) is 6.13. The molecule has 4 nitrogen and oxygen atoms in total. The number of hydrogen-bond donors (Lipinski definition) is 2. The Morgan fingerprint density at radius 2 is 2.64 bits per heavy atom. The van der Waals surface area contributed by atoms with E-state index in [9.17, 15) is 0 Å². The van der Waals surface area contributed by atoms with Gasteiger partial charge in [-0.3, -0.25) is 5.32 Å². The standard InChI is InChI=1S/C6H9N3OS/c1-2-7-6(11)9-5-8-3-4-10-5/h3-4H,2H2,1H3,(H2,7,8,9,11). The third kappa shape index (κ3) is 2.55. The van der Waals surface area contributed by atoms with Crippen molar-refractivity contribution in [2.75, 3.05) is 11.9 Å². The van der Waals surface area contributed by atoms with Crippen LogP contribution in [0.1, 0.15) is 6.92 Å². The number of hydrogen-bond acceptors (Lipinski definition) is 3. The van der Waals surface area contributed by atoms with Gasteiger partial charge in [0.05, 0.1) is 6.20 Å². The molecule has 2 N–H and O–H groups in total. The summed E-state index contributed by atoms with van der Waals surface area (Å²) in [5.41, 5.74) is 0. The van der Waals surface area contributed by atoms with Crippen LogP contribution < -0.4 is 10.6 Å². The summed E-state index contributed by atoms with van der Waals surface area (Å²) in [6.07, 6.45) is 3.04. The van der Waals surface area contributed by atoms with E-state index in [1.54, 1.807) is 6.20 Å². The molecule has 1 aromatic heterocycles. The Balaban J connectivity index is 2.37. The summed E-state index contributed by atoms with van der Waals surface area (Å²) in [5, 5.41) is 6.19. The summed E-state index contributed by atoms with van der Waals surface area (Å²) in [5.74, 6) is 0. The molecule has 0 saturated heterocycles. The Bertz CT molecular complexity index is 222. The highest BCUT2D eigenvalue weighted by Crippen LogP contribution is 1.99. The van der Waals surface area contributed by atoms with E-state index in [-0.39, 0.29) is 0 Å². The number of anilines is 1. The van der Waals surface area contributed by atoms with Crippen LogP contribution in [0.15, 0.2) is 16.9 Å². The van der Waals surface area contributed by atoms with Crippen LogP contribution >= 0.6 is 12.2 Å². The maximum absolute atomic E-state index is 4.90. The third-order valence-electron chi connectivity index (χ3n) is 0.990. The summed E-state index contributed by atoms with van der Waals surface area (Å²) in [6, 6.07) is 0.413. The number of rotatable bonds is 2. The molecule has 1 rings (SSSR count). The van der Waals surface area contributed by atoms with E-state index >= 15 is 0 Å². The Morgan fingerprint density at radius 3 is 3.18 bits per heavy atom. The number of nitrogens with one attached hydrogen (secondary N) is 2. The van der Waals surface area contributed by atoms with Gasteiger partial charge in [0.2, 0.25) is 0 Å². The van der Waals surface area contributed by atoms with Crippen molar-refractivity contribution in [1.82, 2.24) is 10.3 Å². The smallest absolute Gasteiger partial charge is 0.300 e. The van der Waals surface area contributed by atoms with Crippen molar-refractivity contribution < 1.29 is 4.42 Å². The van der Waals surface area contributed by atoms with Crippen molar-refractivity contribution >= 4 is 23.3 Å². The Morgan fingerprint density at radius 1 is 1.82 bits per heavy atom. The van der Waals surface area contributed by atoms with E-state index in [2.05, 4.69) is 15.6 Å². The largest absolute Gasteiger partial charge is 0.432 e. The highest BCUT2D eigenvalue weighted by molar-refractivity contribution is 7.80. The Hall–Kier alpha value is -1.10. The van der Waals surface area contributed by atoms with Gasteiger partial charge in [0.15, 0.2) is 5.11 Å². The van der Waals surface area contributed by atoms with Crippen LogP contribution in [0.5, 0.6) is 0 Å². The summed E-state index contributed by atoms with van der Waals surface area (Å²) in [4.78, 5) is 3.83. The summed E-state index contributed by atoms with van der Waals surface area (Å²) >= 11 is 4.88. The molecule has 0 unspecified atom stereocenters. The molecule has 5 heteroatoms. The average Bonchev–Trinajstić information content (AvgIpc) is 2.40. The van der Waals surface area contributed by atoms with E-state index < -0.39 is 0 Å². The normalized spacial score (nSPS) is 9.18. The highest BCUT2D eigenvalue weighted by atomic mass is 32.1. The summed E-state index contributed by atoms with van der Waals surface area (Å²) in [6.45, 7) is 2.75. The number of oxazole rings is 1. The lowest BCUT2D eigenvalue weighted by Gasteiger charge is -2.03. The first-order chi connectivity index (χ1) is 5.33. The monoisotopic (exact) mass is 171 g/mol. The fraction of sp³-hybridized carbons (Fsp3) is 0.333. The second-order valence-electron chi connectivity index (χ2n) is 1.82. The van der Waals surface area contributed by atoms with Crippen molar-refractivity contribution in [3.05, 3.63) is 12.5 Å². The van der Waals surface area contributed by atoms with E-state index in [1.165, 1.54) is 6.26 Å². The molecule has 0 aliphatic heterocycles. The Labute approximate surface area is 70.0 Å². The minimum absolute atomic E-state index is 0.413. The first-order valence-electron chi connectivity index (χ1n) is 3.27. The van der Waals surface area contributed by atoms with Crippen LogP contribution in [0.2, 0.25) is 0 Å². The quantitative estimate of drug-likeness (QED) is 0.650. The van der Waals surface area contributed by atoms with Crippen LogP contribution in [-0.2, 0) is 0 Å². The lowest BCUT2D eigenvalue weighted by atomic mass is 10.7. The van der Waals surface area contributed by atoms with Crippen LogP contribution in [0.4, 0.5) is 6.01 Å². The van der Waals surface area contributed by atoms with Crippen molar-refractivity contribution in [3.8, 4) is 0 Å².